The van der Waals surface area contributed by atoms with Crippen molar-refractivity contribution in [3.8, 4) is 0 Å². The first-order chi connectivity index (χ1) is 6.29. The lowest BCUT2D eigenvalue weighted by atomic mass is 10.1. The average Bonchev–Trinajstić information content (AvgIpc) is 2.14. The standard InChI is InChI=1S/C11H16N2/c1-10(12)5-2-3-6-11-7-4-8-13-9-11/h3-4,6-10H,2,5,12H2,1H3/b6-3+. The average molecular weight is 176 g/mol. The summed E-state index contributed by atoms with van der Waals surface area (Å²) in [7, 11) is 0. The second-order valence-corrected chi connectivity index (χ2v) is 3.24. The van der Waals surface area contributed by atoms with Gasteiger partial charge in [-0.3, -0.25) is 4.98 Å². The van der Waals surface area contributed by atoms with Gasteiger partial charge in [-0.2, -0.15) is 0 Å². The lowest BCUT2D eigenvalue weighted by molar-refractivity contribution is 0.677. The third kappa shape index (κ3) is 4.43. The number of nitrogens with zero attached hydrogens (tertiary/aromatic N) is 1. The van der Waals surface area contributed by atoms with Gasteiger partial charge in [0.2, 0.25) is 0 Å². The van der Waals surface area contributed by atoms with Gasteiger partial charge in [0.15, 0.2) is 0 Å². The maximum atomic E-state index is 5.63. The molecule has 1 aromatic rings. The number of rotatable bonds is 4. The fourth-order valence-electron chi connectivity index (χ4n) is 1.05. The van der Waals surface area contributed by atoms with E-state index in [9.17, 15) is 0 Å². The lowest BCUT2D eigenvalue weighted by Gasteiger charge is -1.99. The van der Waals surface area contributed by atoms with E-state index < -0.39 is 0 Å². The van der Waals surface area contributed by atoms with Gasteiger partial charge in [0.25, 0.3) is 0 Å². The van der Waals surface area contributed by atoms with Crippen molar-refractivity contribution in [2.75, 3.05) is 0 Å². The van der Waals surface area contributed by atoms with Crippen LogP contribution in [0.25, 0.3) is 6.08 Å². The van der Waals surface area contributed by atoms with Gasteiger partial charge in [0, 0.05) is 18.4 Å². The van der Waals surface area contributed by atoms with Gasteiger partial charge in [0.1, 0.15) is 0 Å². The Morgan fingerprint density at radius 2 is 2.46 bits per heavy atom. The van der Waals surface area contributed by atoms with E-state index in [1.165, 1.54) is 0 Å². The molecule has 70 valence electrons. The molecule has 0 aliphatic carbocycles. The summed E-state index contributed by atoms with van der Waals surface area (Å²) < 4.78 is 0. The van der Waals surface area contributed by atoms with Gasteiger partial charge < -0.3 is 5.73 Å². The van der Waals surface area contributed by atoms with Gasteiger partial charge in [0.05, 0.1) is 0 Å². The van der Waals surface area contributed by atoms with E-state index >= 15 is 0 Å². The molecular formula is C11H16N2. The molecule has 0 bridgehead atoms. The summed E-state index contributed by atoms with van der Waals surface area (Å²) in [5, 5.41) is 0. The number of nitrogens with two attached hydrogens (primary N) is 1. The van der Waals surface area contributed by atoms with Crippen molar-refractivity contribution in [3.05, 3.63) is 36.2 Å². The molecule has 0 radical (unpaired) electrons. The zero-order chi connectivity index (χ0) is 9.52. The van der Waals surface area contributed by atoms with E-state index in [1.807, 2.05) is 25.3 Å². The van der Waals surface area contributed by atoms with Crippen LogP contribution in [0.5, 0.6) is 0 Å². The van der Waals surface area contributed by atoms with Crippen molar-refractivity contribution in [1.29, 1.82) is 0 Å². The van der Waals surface area contributed by atoms with Crippen LogP contribution in [0.2, 0.25) is 0 Å². The molecule has 2 nitrogen and oxygen atoms in total. The first-order valence-corrected chi connectivity index (χ1v) is 4.61. The van der Waals surface area contributed by atoms with Crippen LogP contribution in [-0.2, 0) is 0 Å². The van der Waals surface area contributed by atoms with Gasteiger partial charge in [-0.15, -0.1) is 0 Å². The van der Waals surface area contributed by atoms with Crippen LogP contribution in [-0.4, -0.2) is 11.0 Å². The number of aromatic nitrogens is 1. The monoisotopic (exact) mass is 176 g/mol. The van der Waals surface area contributed by atoms with E-state index in [4.69, 9.17) is 5.73 Å². The molecule has 0 amide bonds. The minimum atomic E-state index is 0.290. The zero-order valence-corrected chi connectivity index (χ0v) is 7.98. The smallest absolute Gasteiger partial charge is 0.0340 e. The van der Waals surface area contributed by atoms with Crippen LogP contribution in [0.15, 0.2) is 30.6 Å². The van der Waals surface area contributed by atoms with Crippen molar-refractivity contribution < 1.29 is 0 Å². The van der Waals surface area contributed by atoms with Gasteiger partial charge in [-0.25, -0.2) is 0 Å². The second-order valence-electron chi connectivity index (χ2n) is 3.24. The van der Waals surface area contributed by atoms with E-state index in [0.29, 0.717) is 6.04 Å². The Labute approximate surface area is 79.5 Å². The van der Waals surface area contributed by atoms with Crippen molar-refractivity contribution in [1.82, 2.24) is 4.98 Å². The van der Waals surface area contributed by atoms with Crippen molar-refractivity contribution >= 4 is 6.08 Å². The summed E-state index contributed by atoms with van der Waals surface area (Å²) in [6.07, 6.45) is 9.92. The van der Waals surface area contributed by atoms with E-state index in [2.05, 4.69) is 17.1 Å². The van der Waals surface area contributed by atoms with Crippen LogP contribution in [0, 0.1) is 0 Å². The minimum Gasteiger partial charge on any atom is -0.328 e. The number of hydrogen-bond acceptors (Lipinski definition) is 2. The number of hydrogen-bond donors (Lipinski definition) is 1. The highest BCUT2D eigenvalue weighted by Crippen LogP contribution is 2.01. The highest BCUT2D eigenvalue weighted by Gasteiger charge is 1.89. The van der Waals surface area contributed by atoms with Crippen LogP contribution in [0.1, 0.15) is 25.3 Å². The molecular weight excluding hydrogens is 160 g/mol. The summed E-state index contributed by atoms with van der Waals surface area (Å²) in [6, 6.07) is 4.26. The molecule has 1 aromatic heterocycles. The van der Waals surface area contributed by atoms with E-state index in [1.54, 1.807) is 6.20 Å². The molecule has 0 saturated carbocycles. The minimum absolute atomic E-state index is 0.290. The molecule has 2 heteroatoms. The van der Waals surface area contributed by atoms with Crippen molar-refractivity contribution in [2.24, 2.45) is 5.73 Å². The maximum absolute atomic E-state index is 5.63. The zero-order valence-electron chi connectivity index (χ0n) is 7.98. The van der Waals surface area contributed by atoms with Crippen LogP contribution < -0.4 is 5.73 Å². The number of allylic oxidation sites excluding steroid dienone is 1. The Balaban J connectivity index is 2.33. The first kappa shape index (κ1) is 9.93. The molecule has 0 saturated heterocycles. The fraction of sp³-hybridized carbons (Fsp3) is 0.364. The molecule has 1 unspecified atom stereocenters. The fourth-order valence-corrected chi connectivity index (χ4v) is 1.05. The van der Waals surface area contributed by atoms with Crippen LogP contribution >= 0.6 is 0 Å². The predicted octanol–water partition coefficient (Wildman–Crippen LogP) is 2.22. The summed E-state index contributed by atoms with van der Waals surface area (Å²) in [5.74, 6) is 0. The summed E-state index contributed by atoms with van der Waals surface area (Å²) in [6.45, 7) is 2.03. The Hall–Kier alpha value is -1.15. The highest BCUT2D eigenvalue weighted by molar-refractivity contribution is 5.47. The Bertz CT molecular complexity index is 252. The SMILES string of the molecule is CC(N)CC/C=C/c1cccnc1. The van der Waals surface area contributed by atoms with Gasteiger partial charge in [-0.05, 0) is 31.4 Å². The molecule has 1 rings (SSSR count). The van der Waals surface area contributed by atoms with E-state index in [0.717, 1.165) is 18.4 Å². The topological polar surface area (TPSA) is 38.9 Å². The largest absolute Gasteiger partial charge is 0.328 e. The van der Waals surface area contributed by atoms with Crippen LogP contribution in [0.3, 0.4) is 0 Å². The number of pyridine rings is 1. The van der Waals surface area contributed by atoms with Crippen molar-refractivity contribution in [3.63, 3.8) is 0 Å². The molecule has 0 spiro atoms. The Morgan fingerprint density at radius 3 is 3.08 bits per heavy atom. The quantitative estimate of drug-likeness (QED) is 0.764. The van der Waals surface area contributed by atoms with E-state index in [-0.39, 0.29) is 0 Å². The third-order valence-corrected chi connectivity index (χ3v) is 1.78. The molecule has 0 aliphatic rings. The normalized spacial score (nSPS) is 13.4. The molecule has 0 aromatic carbocycles. The summed E-state index contributed by atoms with van der Waals surface area (Å²) in [5.41, 5.74) is 6.77. The van der Waals surface area contributed by atoms with Gasteiger partial charge >= 0.3 is 0 Å². The molecule has 1 atom stereocenters. The predicted molar refractivity (Wildman–Crippen MR) is 56.2 cm³/mol. The lowest BCUT2D eigenvalue weighted by Crippen LogP contribution is -2.13. The summed E-state index contributed by atoms with van der Waals surface area (Å²) >= 11 is 0. The second kappa shape index (κ2) is 5.49. The first-order valence-electron chi connectivity index (χ1n) is 4.61. The van der Waals surface area contributed by atoms with Gasteiger partial charge in [-0.1, -0.05) is 18.2 Å². The summed E-state index contributed by atoms with van der Waals surface area (Å²) in [4.78, 5) is 4.02. The molecule has 0 fully saturated rings. The maximum Gasteiger partial charge on any atom is 0.0340 e. The molecule has 0 aliphatic heterocycles. The molecule has 1 heterocycles. The Morgan fingerprint density at radius 1 is 1.62 bits per heavy atom. The van der Waals surface area contributed by atoms with Crippen LogP contribution in [0.4, 0.5) is 0 Å². The molecule has 2 N–H and O–H groups in total. The third-order valence-electron chi connectivity index (χ3n) is 1.78. The Kier molecular flexibility index (Phi) is 4.19. The highest BCUT2D eigenvalue weighted by atomic mass is 14.6. The van der Waals surface area contributed by atoms with Crippen molar-refractivity contribution in [2.45, 2.75) is 25.8 Å². The molecule has 13 heavy (non-hydrogen) atoms.